The van der Waals surface area contributed by atoms with Gasteiger partial charge in [-0.3, -0.25) is 0 Å². The maximum Gasteiger partial charge on any atom is 0.414 e. The molecule has 0 radical (unpaired) electrons. The van der Waals surface area contributed by atoms with Crippen molar-refractivity contribution in [2.24, 2.45) is 0 Å². The SMILES string of the molecule is COCCNCCOc1ccc(Cl)c(C)c1.O=C(O)C(=O)O. The molecule has 0 heterocycles. The largest absolute Gasteiger partial charge is 0.492 e. The number of hydrogen-bond acceptors (Lipinski definition) is 5. The Morgan fingerprint density at radius 2 is 1.77 bits per heavy atom. The highest BCUT2D eigenvalue weighted by Gasteiger charge is 2.04. The molecule has 0 aliphatic rings. The highest BCUT2D eigenvalue weighted by Crippen LogP contribution is 2.20. The molecule has 0 saturated heterocycles. The normalized spacial score (nSPS) is 9.59. The Balaban J connectivity index is 0.000000626. The van der Waals surface area contributed by atoms with Crippen LogP contribution in [0.25, 0.3) is 0 Å². The molecule has 0 bridgehead atoms. The lowest BCUT2D eigenvalue weighted by molar-refractivity contribution is -0.159. The lowest BCUT2D eigenvalue weighted by Gasteiger charge is -2.08. The third kappa shape index (κ3) is 9.98. The standard InChI is InChI=1S/C12H18ClNO2.C2H2O4/c1-10-9-11(3-4-12(10)13)16-8-6-14-5-7-15-2;3-1(4)2(5)6/h3-4,9,14H,5-8H2,1-2H3;(H,3,4)(H,5,6). The summed E-state index contributed by atoms with van der Waals surface area (Å²) in [7, 11) is 1.69. The van der Waals surface area contributed by atoms with E-state index >= 15 is 0 Å². The molecular weight excluding hydrogens is 314 g/mol. The van der Waals surface area contributed by atoms with Crippen LogP contribution in [0, 0.1) is 6.92 Å². The zero-order valence-corrected chi connectivity index (χ0v) is 13.2. The molecule has 0 aromatic heterocycles. The maximum absolute atomic E-state index is 9.10. The number of aliphatic carboxylic acids is 2. The van der Waals surface area contributed by atoms with Crippen molar-refractivity contribution < 1.29 is 29.3 Å². The van der Waals surface area contributed by atoms with E-state index in [-0.39, 0.29) is 0 Å². The zero-order chi connectivity index (χ0) is 17.0. The van der Waals surface area contributed by atoms with E-state index in [1.807, 2.05) is 25.1 Å². The summed E-state index contributed by atoms with van der Waals surface area (Å²) in [6, 6.07) is 5.67. The Morgan fingerprint density at radius 1 is 1.18 bits per heavy atom. The van der Waals surface area contributed by atoms with Gasteiger partial charge in [0.15, 0.2) is 0 Å². The summed E-state index contributed by atoms with van der Waals surface area (Å²) < 4.78 is 10.5. The lowest BCUT2D eigenvalue weighted by atomic mass is 10.2. The fourth-order valence-electron chi connectivity index (χ4n) is 1.25. The van der Waals surface area contributed by atoms with Gasteiger partial charge in [-0.05, 0) is 30.7 Å². The van der Waals surface area contributed by atoms with Crippen molar-refractivity contribution in [2.45, 2.75) is 6.92 Å². The van der Waals surface area contributed by atoms with Gasteiger partial charge in [0.2, 0.25) is 0 Å². The van der Waals surface area contributed by atoms with E-state index < -0.39 is 11.9 Å². The van der Waals surface area contributed by atoms with Crippen molar-refractivity contribution >= 4 is 23.5 Å². The summed E-state index contributed by atoms with van der Waals surface area (Å²) in [6.45, 7) is 4.99. The van der Waals surface area contributed by atoms with Gasteiger partial charge in [-0.2, -0.15) is 0 Å². The van der Waals surface area contributed by atoms with Crippen molar-refractivity contribution in [3.05, 3.63) is 28.8 Å². The Morgan fingerprint density at radius 3 is 2.27 bits per heavy atom. The molecule has 8 heteroatoms. The van der Waals surface area contributed by atoms with Gasteiger partial charge in [0.25, 0.3) is 0 Å². The lowest BCUT2D eigenvalue weighted by Crippen LogP contribution is -2.24. The quantitative estimate of drug-likeness (QED) is 0.512. The molecule has 1 aromatic rings. The average molecular weight is 334 g/mol. The Labute approximate surface area is 133 Å². The first-order chi connectivity index (χ1) is 10.4. The fourth-order valence-corrected chi connectivity index (χ4v) is 1.36. The van der Waals surface area contributed by atoms with Crippen LogP contribution in [0.3, 0.4) is 0 Å². The minimum absolute atomic E-state index is 0.644. The number of carboxylic acids is 2. The maximum atomic E-state index is 9.10. The number of benzene rings is 1. The number of methoxy groups -OCH3 is 1. The van der Waals surface area contributed by atoms with Gasteiger partial charge in [-0.25, -0.2) is 9.59 Å². The topological polar surface area (TPSA) is 105 Å². The van der Waals surface area contributed by atoms with Crippen LogP contribution >= 0.6 is 11.6 Å². The van der Waals surface area contributed by atoms with E-state index in [1.165, 1.54) is 0 Å². The predicted molar refractivity (Wildman–Crippen MR) is 81.7 cm³/mol. The van der Waals surface area contributed by atoms with E-state index in [4.69, 9.17) is 40.9 Å². The summed E-state index contributed by atoms with van der Waals surface area (Å²) in [5, 5.41) is 18.8. The molecule has 1 rings (SSSR count). The van der Waals surface area contributed by atoms with Crippen LogP contribution in [0.1, 0.15) is 5.56 Å². The molecule has 0 aliphatic heterocycles. The number of nitrogens with one attached hydrogen (secondary N) is 1. The van der Waals surface area contributed by atoms with Crippen molar-refractivity contribution in [3.8, 4) is 5.75 Å². The van der Waals surface area contributed by atoms with Crippen LogP contribution in [0.5, 0.6) is 5.75 Å². The van der Waals surface area contributed by atoms with Gasteiger partial charge in [-0.1, -0.05) is 11.6 Å². The summed E-state index contributed by atoms with van der Waals surface area (Å²) in [5.41, 5.74) is 1.03. The van der Waals surface area contributed by atoms with E-state index in [1.54, 1.807) is 7.11 Å². The zero-order valence-electron chi connectivity index (χ0n) is 12.5. The second kappa shape index (κ2) is 11.8. The van der Waals surface area contributed by atoms with Gasteiger partial charge in [0, 0.05) is 25.2 Å². The molecule has 22 heavy (non-hydrogen) atoms. The Hall–Kier alpha value is -1.83. The summed E-state index contributed by atoms with van der Waals surface area (Å²) >= 11 is 5.92. The first-order valence-electron chi connectivity index (χ1n) is 6.43. The number of aryl methyl sites for hydroxylation is 1. The molecule has 0 saturated carbocycles. The van der Waals surface area contributed by atoms with Gasteiger partial charge in [-0.15, -0.1) is 0 Å². The van der Waals surface area contributed by atoms with Crippen LogP contribution in [0.4, 0.5) is 0 Å². The highest BCUT2D eigenvalue weighted by atomic mass is 35.5. The van der Waals surface area contributed by atoms with Crippen molar-refractivity contribution in [1.29, 1.82) is 0 Å². The number of halogens is 1. The summed E-state index contributed by atoms with van der Waals surface area (Å²) in [5.74, 6) is -2.79. The smallest absolute Gasteiger partial charge is 0.414 e. The molecule has 0 aliphatic carbocycles. The first kappa shape index (κ1) is 20.2. The second-order valence-corrected chi connectivity index (χ2v) is 4.52. The average Bonchev–Trinajstić information content (AvgIpc) is 2.47. The highest BCUT2D eigenvalue weighted by molar-refractivity contribution is 6.31. The molecule has 0 amide bonds. The van der Waals surface area contributed by atoms with Crippen LogP contribution in [0.2, 0.25) is 5.02 Å². The minimum atomic E-state index is -1.82. The van der Waals surface area contributed by atoms with Crippen molar-refractivity contribution in [1.82, 2.24) is 5.32 Å². The van der Waals surface area contributed by atoms with Crippen LogP contribution < -0.4 is 10.1 Å². The Bertz CT molecular complexity index is 468. The van der Waals surface area contributed by atoms with Crippen molar-refractivity contribution in [2.75, 3.05) is 33.4 Å². The fraction of sp³-hybridized carbons (Fsp3) is 0.429. The molecular formula is C14H20ClNO6. The first-order valence-corrected chi connectivity index (χ1v) is 6.81. The third-order valence-electron chi connectivity index (χ3n) is 2.34. The minimum Gasteiger partial charge on any atom is -0.492 e. The number of rotatable bonds is 7. The van der Waals surface area contributed by atoms with E-state index in [2.05, 4.69) is 5.32 Å². The van der Waals surface area contributed by atoms with Gasteiger partial charge < -0.3 is 25.0 Å². The number of carboxylic acid groups (broad SMARTS) is 2. The van der Waals surface area contributed by atoms with E-state index in [0.29, 0.717) is 6.61 Å². The Kier molecular flexibility index (Phi) is 10.8. The molecule has 0 unspecified atom stereocenters. The van der Waals surface area contributed by atoms with Crippen LogP contribution in [-0.2, 0) is 14.3 Å². The van der Waals surface area contributed by atoms with E-state index in [0.717, 1.165) is 36.0 Å². The predicted octanol–water partition coefficient (Wildman–Crippen LogP) is 1.42. The molecule has 124 valence electrons. The third-order valence-corrected chi connectivity index (χ3v) is 2.77. The molecule has 1 aromatic carbocycles. The molecule has 7 nitrogen and oxygen atoms in total. The molecule has 0 spiro atoms. The van der Waals surface area contributed by atoms with Gasteiger partial charge in [0.05, 0.1) is 6.61 Å². The molecule has 0 atom stereocenters. The monoisotopic (exact) mass is 333 g/mol. The molecule has 0 fully saturated rings. The van der Waals surface area contributed by atoms with E-state index in [9.17, 15) is 0 Å². The number of hydrogen-bond donors (Lipinski definition) is 3. The van der Waals surface area contributed by atoms with Gasteiger partial charge in [0.1, 0.15) is 12.4 Å². The number of ether oxygens (including phenoxy) is 2. The van der Waals surface area contributed by atoms with Gasteiger partial charge >= 0.3 is 11.9 Å². The summed E-state index contributed by atoms with van der Waals surface area (Å²) in [4.78, 5) is 18.2. The molecule has 3 N–H and O–H groups in total. The van der Waals surface area contributed by atoms with Crippen molar-refractivity contribution in [3.63, 3.8) is 0 Å². The summed E-state index contributed by atoms with van der Waals surface area (Å²) in [6.07, 6.45) is 0. The second-order valence-electron chi connectivity index (χ2n) is 4.11. The van der Waals surface area contributed by atoms with Crippen LogP contribution in [0.15, 0.2) is 18.2 Å². The van der Waals surface area contributed by atoms with Crippen LogP contribution in [-0.4, -0.2) is 55.6 Å². The number of carbonyl (C=O) groups is 2.